The highest BCUT2D eigenvalue weighted by molar-refractivity contribution is 6.31. The number of nitrogens with one attached hydrogen (secondary N) is 2. The van der Waals surface area contributed by atoms with E-state index >= 15 is 0 Å². The van der Waals surface area contributed by atoms with Crippen molar-refractivity contribution >= 4 is 39.5 Å². The lowest BCUT2D eigenvalue weighted by molar-refractivity contribution is 0.0687. The van der Waals surface area contributed by atoms with Crippen LogP contribution in [0.15, 0.2) is 53.7 Å². The molecule has 5 aromatic rings. The topological polar surface area (TPSA) is 104 Å². The molecule has 33 heavy (non-hydrogen) atoms. The fourth-order valence-electron chi connectivity index (χ4n) is 5.07. The number of aromatic carboxylic acids is 1. The zero-order valence-electron chi connectivity index (χ0n) is 17.5. The number of imidazole rings is 1. The van der Waals surface area contributed by atoms with Crippen LogP contribution in [-0.4, -0.2) is 30.6 Å². The van der Waals surface area contributed by atoms with Crippen LogP contribution in [0.4, 0.5) is 0 Å². The highest BCUT2D eigenvalue weighted by Gasteiger charge is 2.27. The predicted octanol–water partition coefficient (Wildman–Crippen LogP) is 4.76. The van der Waals surface area contributed by atoms with Crippen LogP contribution in [0.25, 0.3) is 33.1 Å². The summed E-state index contributed by atoms with van der Waals surface area (Å²) in [6, 6.07) is 11.1. The fourth-order valence-corrected chi connectivity index (χ4v) is 5.31. The first kappa shape index (κ1) is 19.8. The van der Waals surface area contributed by atoms with Gasteiger partial charge < -0.3 is 19.6 Å². The normalized spacial score (nSPS) is 13.1. The number of aromatic nitrogens is 4. The van der Waals surface area contributed by atoms with Gasteiger partial charge in [-0.2, -0.15) is 0 Å². The van der Waals surface area contributed by atoms with Gasteiger partial charge in [0.2, 0.25) is 0 Å². The number of nitrogens with zero attached hydrogens (tertiary/aromatic N) is 2. The van der Waals surface area contributed by atoms with Crippen molar-refractivity contribution in [1.29, 1.82) is 0 Å². The molecule has 2 aromatic carbocycles. The van der Waals surface area contributed by atoms with Crippen LogP contribution in [0.1, 0.15) is 33.6 Å². The quantitative estimate of drug-likeness (QED) is 0.361. The molecule has 0 bridgehead atoms. The van der Waals surface area contributed by atoms with Crippen LogP contribution >= 0.6 is 11.6 Å². The molecular formula is C25H19ClN4O3. The fraction of sp³-hybridized carbons (Fsp3) is 0.160. The van der Waals surface area contributed by atoms with E-state index in [0.717, 1.165) is 46.8 Å². The minimum atomic E-state index is -1.09. The first-order valence-corrected chi connectivity index (χ1v) is 11.1. The van der Waals surface area contributed by atoms with Crippen molar-refractivity contribution < 1.29 is 9.90 Å². The van der Waals surface area contributed by atoms with Crippen molar-refractivity contribution in [2.45, 2.75) is 25.8 Å². The first-order chi connectivity index (χ1) is 16.0. The number of aryl methyl sites for hydroxylation is 2. The summed E-state index contributed by atoms with van der Waals surface area (Å²) in [5.41, 5.74) is 6.07. The van der Waals surface area contributed by atoms with Gasteiger partial charge in [-0.3, -0.25) is 4.79 Å². The number of benzene rings is 2. The standard InChI is InChI=1S/C25H19ClN4O3/c26-16-7-15(22-19(10-16)28-12-29-22)11-30-20-9-14-4-1-3-13(14)8-18(20)21(23(30)25(32)33)17-5-2-6-27-24(17)31/h2,5-10,12H,1,3-4,11H2,(H,27,31)(H,28,29)(H,32,33). The van der Waals surface area contributed by atoms with Crippen LogP contribution in [0, 0.1) is 0 Å². The Hall–Kier alpha value is -3.84. The third-order valence-corrected chi connectivity index (χ3v) is 6.68. The third kappa shape index (κ3) is 3.08. The largest absolute Gasteiger partial charge is 0.477 e. The first-order valence-electron chi connectivity index (χ1n) is 10.7. The highest BCUT2D eigenvalue weighted by Crippen LogP contribution is 2.38. The molecular weight excluding hydrogens is 440 g/mol. The maximum absolute atomic E-state index is 12.7. The molecule has 0 saturated heterocycles. The number of aromatic amines is 2. The Bertz CT molecular complexity index is 1640. The second kappa shape index (κ2) is 7.35. The second-order valence-electron chi connectivity index (χ2n) is 8.38. The van der Waals surface area contributed by atoms with Crippen LogP contribution < -0.4 is 5.56 Å². The maximum Gasteiger partial charge on any atom is 0.353 e. The van der Waals surface area contributed by atoms with E-state index in [0.29, 0.717) is 16.1 Å². The van der Waals surface area contributed by atoms with Crippen LogP contribution in [-0.2, 0) is 19.4 Å². The summed E-state index contributed by atoms with van der Waals surface area (Å²) < 4.78 is 1.78. The van der Waals surface area contributed by atoms with Gasteiger partial charge in [0.25, 0.3) is 5.56 Å². The lowest BCUT2D eigenvalue weighted by atomic mass is 10.00. The molecule has 0 unspecified atom stereocenters. The average Bonchev–Trinajstić information content (AvgIpc) is 3.50. The van der Waals surface area contributed by atoms with Gasteiger partial charge in [0.1, 0.15) is 5.69 Å². The van der Waals surface area contributed by atoms with Crippen molar-refractivity contribution in [2.75, 3.05) is 0 Å². The highest BCUT2D eigenvalue weighted by atomic mass is 35.5. The Balaban J connectivity index is 1.70. The molecule has 3 aromatic heterocycles. The van der Waals surface area contributed by atoms with Crippen LogP contribution in [0.2, 0.25) is 5.02 Å². The molecule has 1 aliphatic carbocycles. The molecule has 8 heteroatoms. The van der Waals surface area contributed by atoms with E-state index in [9.17, 15) is 14.7 Å². The molecule has 164 valence electrons. The number of H-pyrrole nitrogens is 2. The van der Waals surface area contributed by atoms with Gasteiger partial charge in [-0.25, -0.2) is 9.78 Å². The van der Waals surface area contributed by atoms with Gasteiger partial charge >= 0.3 is 5.97 Å². The number of carboxylic acid groups (broad SMARTS) is 1. The van der Waals surface area contributed by atoms with Crippen molar-refractivity contribution in [3.05, 3.63) is 86.7 Å². The summed E-state index contributed by atoms with van der Waals surface area (Å²) in [7, 11) is 0. The second-order valence-corrected chi connectivity index (χ2v) is 8.82. The van der Waals surface area contributed by atoms with E-state index in [1.165, 1.54) is 11.1 Å². The van der Waals surface area contributed by atoms with E-state index in [4.69, 9.17) is 11.6 Å². The monoisotopic (exact) mass is 458 g/mol. The molecule has 7 nitrogen and oxygen atoms in total. The molecule has 0 amide bonds. The summed E-state index contributed by atoms with van der Waals surface area (Å²) in [4.78, 5) is 35.5. The van der Waals surface area contributed by atoms with Crippen molar-refractivity contribution in [3.63, 3.8) is 0 Å². The van der Waals surface area contributed by atoms with Gasteiger partial charge in [0, 0.05) is 38.8 Å². The summed E-state index contributed by atoms with van der Waals surface area (Å²) in [6.45, 7) is 0.254. The van der Waals surface area contributed by atoms with Crippen LogP contribution in [0.3, 0.4) is 0 Å². The Labute approximate surface area is 192 Å². The van der Waals surface area contributed by atoms with E-state index in [2.05, 4.69) is 27.1 Å². The van der Waals surface area contributed by atoms with Crippen molar-refractivity contribution in [3.8, 4) is 11.1 Å². The van der Waals surface area contributed by atoms with Gasteiger partial charge in [0.05, 0.1) is 23.9 Å². The smallest absolute Gasteiger partial charge is 0.353 e. The maximum atomic E-state index is 12.7. The lowest BCUT2D eigenvalue weighted by Gasteiger charge is -2.11. The Morgan fingerprint density at radius 2 is 1.97 bits per heavy atom. The third-order valence-electron chi connectivity index (χ3n) is 6.46. The minimum Gasteiger partial charge on any atom is -0.477 e. The molecule has 6 rings (SSSR count). The number of hydrogen-bond donors (Lipinski definition) is 3. The molecule has 3 heterocycles. The molecule has 0 atom stereocenters. The Kier molecular flexibility index (Phi) is 4.41. The van der Waals surface area contributed by atoms with E-state index in [-0.39, 0.29) is 17.8 Å². The zero-order chi connectivity index (χ0) is 22.7. The van der Waals surface area contributed by atoms with Crippen LogP contribution in [0.5, 0.6) is 0 Å². The molecule has 0 saturated carbocycles. The summed E-state index contributed by atoms with van der Waals surface area (Å²) >= 11 is 6.35. The zero-order valence-corrected chi connectivity index (χ0v) is 18.2. The molecule has 0 spiro atoms. The number of halogens is 1. The van der Waals surface area contributed by atoms with Gasteiger partial charge in [0.15, 0.2) is 0 Å². The number of rotatable bonds is 4. The van der Waals surface area contributed by atoms with Gasteiger partial charge in [-0.05, 0) is 66.8 Å². The number of pyridine rings is 1. The Morgan fingerprint density at radius 1 is 1.15 bits per heavy atom. The van der Waals surface area contributed by atoms with Gasteiger partial charge in [-0.1, -0.05) is 11.6 Å². The Morgan fingerprint density at radius 3 is 2.76 bits per heavy atom. The lowest BCUT2D eigenvalue weighted by Crippen LogP contribution is -2.13. The summed E-state index contributed by atoms with van der Waals surface area (Å²) in [5.74, 6) is -1.09. The minimum absolute atomic E-state index is 0.0778. The average molecular weight is 459 g/mol. The predicted molar refractivity (Wildman–Crippen MR) is 127 cm³/mol. The molecule has 1 aliphatic rings. The number of fused-ring (bicyclic) bond motifs is 3. The molecule has 0 fully saturated rings. The SMILES string of the molecule is O=C(O)c1c(-c2ccc[nH]c2=O)c2cc3c(cc2n1Cc1cc(Cl)cc2[nH]cnc12)CCC3. The molecule has 0 aliphatic heterocycles. The number of carbonyl (C=O) groups is 1. The van der Waals surface area contributed by atoms with Crippen molar-refractivity contribution in [2.24, 2.45) is 0 Å². The van der Waals surface area contributed by atoms with E-state index in [1.807, 2.05) is 6.07 Å². The van der Waals surface area contributed by atoms with Gasteiger partial charge in [-0.15, -0.1) is 0 Å². The summed E-state index contributed by atoms with van der Waals surface area (Å²) in [6.07, 6.45) is 6.12. The van der Waals surface area contributed by atoms with Crippen molar-refractivity contribution in [1.82, 2.24) is 19.5 Å². The summed E-state index contributed by atoms with van der Waals surface area (Å²) in [5, 5.41) is 11.6. The number of hydrogen-bond acceptors (Lipinski definition) is 3. The molecule has 3 N–H and O–H groups in total. The van der Waals surface area contributed by atoms with E-state index < -0.39 is 5.97 Å². The molecule has 0 radical (unpaired) electrons. The number of carboxylic acids is 1. The van der Waals surface area contributed by atoms with E-state index in [1.54, 1.807) is 35.3 Å².